The van der Waals surface area contributed by atoms with Crippen LogP contribution in [0.4, 0.5) is 0 Å². The quantitative estimate of drug-likeness (QED) is 0.717. The number of aliphatic hydroxyl groups is 1. The van der Waals surface area contributed by atoms with E-state index in [1.54, 1.807) is 0 Å². The summed E-state index contributed by atoms with van der Waals surface area (Å²) >= 11 is 0. The standard InChI is InChI=1S/C20H30O6Si/c1-20(2)25-18-17(23-12-13-9-7-6-8-10-13)16(24-19(18)26-20)14(21)11-15(22)27(3,4)5/h6-10,14,16-19,21H,11-12H2,1-5H3/t14-,16-,17+,18-,19-/m1/s1. The fraction of sp³-hybridized carbons (Fsp3) is 0.650. The Balaban J connectivity index is 1.72. The topological polar surface area (TPSA) is 74.2 Å². The van der Waals surface area contributed by atoms with Gasteiger partial charge in [-0.05, 0) is 19.4 Å². The first-order valence-electron chi connectivity index (χ1n) is 9.45. The fourth-order valence-corrected chi connectivity index (χ4v) is 4.20. The Morgan fingerprint density at radius 3 is 2.52 bits per heavy atom. The monoisotopic (exact) mass is 394 g/mol. The van der Waals surface area contributed by atoms with Crippen molar-refractivity contribution in [2.75, 3.05) is 0 Å². The highest BCUT2D eigenvalue weighted by Gasteiger charge is 2.57. The van der Waals surface area contributed by atoms with E-state index < -0.39 is 44.6 Å². The molecular formula is C20H30O6Si. The first-order chi connectivity index (χ1) is 12.6. The van der Waals surface area contributed by atoms with Crippen LogP contribution in [-0.2, 0) is 30.3 Å². The Bertz CT molecular complexity index is 656. The van der Waals surface area contributed by atoms with Gasteiger partial charge in [-0.15, -0.1) is 0 Å². The largest absolute Gasteiger partial charge is 0.390 e. The lowest BCUT2D eigenvalue weighted by molar-refractivity contribution is -0.230. The molecule has 7 heteroatoms. The third-order valence-electron chi connectivity index (χ3n) is 4.92. The number of aliphatic hydroxyl groups excluding tert-OH is 1. The molecule has 2 aliphatic rings. The van der Waals surface area contributed by atoms with Crippen LogP contribution in [0.3, 0.4) is 0 Å². The number of rotatable bonds is 7. The van der Waals surface area contributed by atoms with Crippen LogP contribution in [0, 0.1) is 0 Å². The predicted octanol–water partition coefficient (Wildman–Crippen LogP) is 2.65. The normalized spacial score (nSPS) is 30.9. The SMILES string of the molecule is CC1(C)O[C@H]2O[C@H]([C@H](O)CC(=O)[Si](C)(C)C)[C@H](OCc3ccccc3)[C@H]2O1. The fourth-order valence-electron chi connectivity index (χ4n) is 3.38. The van der Waals surface area contributed by atoms with E-state index in [0.717, 1.165) is 5.56 Å². The minimum Gasteiger partial charge on any atom is -0.390 e. The Kier molecular flexibility index (Phi) is 5.91. The molecule has 2 saturated heterocycles. The van der Waals surface area contributed by atoms with Crippen molar-refractivity contribution in [3.8, 4) is 0 Å². The molecule has 0 spiro atoms. The Labute approximate surface area is 161 Å². The van der Waals surface area contributed by atoms with E-state index in [1.807, 2.05) is 63.8 Å². The van der Waals surface area contributed by atoms with Crippen molar-refractivity contribution in [2.24, 2.45) is 0 Å². The lowest BCUT2D eigenvalue weighted by Crippen LogP contribution is -2.45. The predicted molar refractivity (Wildman–Crippen MR) is 103 cm³/mol. The van der Waals surface area contributed by atoms with E-state index in [9.17, 15) is 9.90 Å². The van der Waals surface area contributed by atoms with Gasteiger partial charge in [0.05, 0.1) is 12.7 Å². The summed E-state index contributed by atoms with van der Waals surface area (Å²) in [5.74, 6) is -0.770. The van der Waals surface area contributed by atoms with Gasteiger partial charge < -0.3 is 28.8 Å². The average Bonchev–Trinajstić information content (AvgIpc) is 3.05. The molecule has 0 bridgehead atoms. The highest BCUT2D eigenvalue weighted by atomic mass is 28.3. The zero-order chi connectivity index (χ0) is 19.8. The second kappa shape index (κ2) is 7.73. The lowest BCUT2D eigenvalue weighted by atomic mass is 10.0. The van der Waals surface area contributed by atoms with Gasteiger partial charge in [0.1, 0.15) is 31.8 Å². The minimum atomic E-state index is -1.98. The van der Waals surface area contributed by atoms with Crippen LogP contribution >= 0.6 is 0 Å². The van der Waals surface area contributed by atoms with E-state index in [0.29, 0.717) is 6.61 Å². The number of carbonyl (C=O) groups excluding carboxylic acids is 1. The van der Waals surface area contributed by atoms with Gasteiger partial charge in [-0.3, -0.25) is 0 Å². The van der Waals surface area contributed by atoms with E-state index >= 15 is 0 Å². The van der Waals surface area contributed by atoms with Crippen LogP contribution in [0.1, 0.15) is 25.8 Å². The molecule has 1 N–H and O–H groups in total. The third kappa shape index (κ3) is 4.85. The molecule has 0 radical (unpaired) electrons. The molecule has 5 atom stereocenters. The molecule has 0 saturated carbocycles. The summed E-state index contributed by atoms with van der Waals surface area (Å²) < 4.78 is 23.8. The Morgan fingerprint density at radius 2 is 1.89 bits per heavy atom. The number of benzene rings is 1. The summed E-state index contributed by atoms with van der Waals surface area (Å²) in [7, 11) is -1.98. The summed E-state index contributed by atoms with van der Waals surface area (Å²) in [6, 6.07) is 9.80. The van der Waals surface area contributed by atoms with Gasteiger partial charge in [0.2, 0.25) is 0 Å². The highest BCUT2D eigenvalue weighted by molar-refractivity contribution is 7.03. The Morgan fingerprint density at radius 1 is 1.22 bits per heavy atom. The van der Waals surface area contributed by atoms with Gasteiger partial charge in [0.25, 0.3) is 0 Å². The molecule has 2 aliphatic heterocycles. The van der Waals surface area contributed by atoms with E-state index in [1.165, 1.54) is 0 Å². The van der Waals surface area contributed by atoms with Gasteiger partial charge in [0, 0.05) is 6.42 Å². The Hall–Kier alpha value is -1.09. The maximum absolute atomic E-state index is 12.4. The molecular weight excluding hydrogens is 364 g/mol. The van der Waals surface area contributed by atoms with Crippen molar-refractivity contribution in [3.63, 3.8) is 0 Å². The molecule has 2 fully saturated rings. The highest BCUT2D eigenvalue weighted by Crippen LogP contribution is 2.40. The smallest absolute Gasteiger partial charge is 0.190 e. The second-order valence-corrected chi connectivity index (χ2v) is 13.8. The summed E-state index contributed by atoms with van der Waals surface area (Å²) in [6.45, 7) is 9.94. The van der Waals surface area contributed by atoms with E-state index in [-0.39, 0.29) is 11.8 Å². The van der Waals surface area contributed by atoms with Crippen molar-refractivity contribution in [3.05, 3.63) is 35.9 Å². The first-order valence-corrected chi connectivity index (χ1v) is 12.9. The van der Waals surface area contributed by atoms with Crippen molar-refractivity contribution in [2.45, 2.75) is 83.0 Å². The van der Waals surface area contributed by atoms with Crippen molar-refractivity contribution in [1.29, 1.82) is 0 Å². The van der Waals surface area contributed by atoms with Crippen LogP contribution in [-0.4, -0.2) is 55.1 Å². The number of ether oxygens (including phenoxy) is 4. The molecule has 2 heterocycles. The van der Waals surface area contributed by atoms with Gasteiger partial charge in [-0.25, -0.2) is 0 Å². The molecule has 3 rings (SSSR count). The molecule has 27 heavy (non-hydrogen) atoms. The molecule has 0 aromatic heterocycles. The lowest BCUT2D eigenvalue weighted by Gasteiger charge is -2.29. The minimum absolute atomic E-state index is 0.0639. The molecule has 150 valence electrons. The van der Waals surface area contributed by atoms with Crippen LogP contribution in [0.15, 0.2) is 30.3 Å². The summed E-state index contributed by atoms with van der Waals surface area (Å²) in [6.07, 6.45) is -3.12. The molecule has 1 aromatic rings. The zero-order valence-corrected chi connectivity index (χ0v) is 17.7. The van der Waals surface area contributed by atoms with E-state index in [2.05, 4.69) is 0 Å². The van der Waals surface area contributed by atoms with Crippen LogP contribution < -0.4 is 0 Å². The number of fused-ring (bicyclic) bond motifs is 1. The average molecular weight is 395 g/mol. The van der Waals surface area contributed by atoms with Crippen LogP contribution in [0.2, 0.25) is 19.6 Å². The third-order valence-corrected chi connectivity index (χ3v) is 6.80. The van der Waals surface area contributed by atoms with Crippen LogP contribution in [0.5, 0.6) is 0 Å². The second-order valence-electron chi connectivity index (χ2n) is 8.78. The van der Waals surface area contributed by atoms with Gasteiger partial charge >= 0.3 is 0 Å². The molecule has 0 amide bonds. The zero-order valence-electron chi connectivity index (χ0n) is 16.7. The number of carbonyl (C=O) groups is 1. The molecule has 1 aromatic carbocycles. The van der Waals surface area contributed by atoms with E-state index in [4.69, 9.17) is 18.9 Å². The van der Waals surface area contributed by atoms with Crippen molar-refractivity contribution >= 4 is 13.5 Å². The maximum atomic E-state index is 12.4. The maximum Gasteiger partial charge on any atom is 0.190 e. The summed E-state index contributed by atoms with van der Waals surface area (Å²) in [5, 5.41) is 10.8. The molecule has 6 nitrogen and oxygen atoms in total. The van der Waals surface area contributed by atoms with Gasteiger partial charge in [0.15, 0.2) is 12.1 Å². The van der Waals surface area contributed by atoms with Crippen LogP contribution in [0.25, 0.3) is 0 Å². The summed E-state index contributed by atoms with van der Waals surface area (Å²) in [5.41, 5.74) is 1.02. The molecule has 0 unspecified atom stereocenters. The summed E-state index contributed by atoms with van der Waals surface area (Å²) in [4.78, 5) is 12.4. The number of hydrogen-bond acceptors (Lipinski definition) is 6. The first kappa shape index (κ1) is 20.6. The van der Waals surface area contributed by atoms with Crippen molar-refractivity contribution in [1.82, 2.24) is 0 Å². The van der Waals surface area contributed by atoms with Gasteiger partial charge in [-0.1, -0.05) is 50.0 Å². The van der Waals surface area contributed by atoms with Gasteiger partial charge in [-0.2, -0.15) is 0 Å². The molecule has 0 aliphatic carbocycles. The van der Waals surface area contributed by atoms with Crippen molar-refractivity contribution < 1.29 is 28.8 Å². The number of hydrogen-bond donors (Lipinski definition) is 1.